The fraction of sp³-hybridized carbons (Fsp3) is 0.667. The van der Waals surface area contributed by atoms with Crippen molar-refractivity contribution in [2.45, 2.75) is 56.8 Å². The van der Waals surface area contributed by atoms with Crippen molar-refractivity contribution < 1.29 is 8.42 Å². The molecule has 0 bridgehead atoms. The third-order valence-corrected chi connectivity index (χ3v) is 6.38. The third-order valence-electron chi connectivity index (χ3n) is 4.58. The molecule has 1 saturated heterocycles. The molecule has 1 aliphatic rings. The van der Waals surface area contributed by atoms with Crippen LogP contribution in [0.5, 0.6) is 0 Å². The van der Waals surface area contributed by atoms with Gasteiger partial charge < -0.3 is 4.90 Å². The van der Waals surface area contributed by atoms with Gasteiger partial charge in [0.1, 0.15) is 0 Å². The maximum absolute atomic E-state index is 12.4. The van der Waals surface area contributed by atoms with E-state index in [0.717, 1.165) is 38.8 Å². The Morgan fingerprint density at radius 2 is 1.86 bits per heavy atom. The lowest BCUT2D eigenvalue weighted by molar-refractivity contribution is 0.212. The normalized spacial score (nSPS) is 17.7. The summed E-state index contributed by atoms with van der Waals surface area (Å²) in [5, 5.41) is 0. The Balaban J connectivity index is 2.06. The molecular formula is C18H29NO2S. The Morgan fingerprint density at radius 1 is 1.14 bits per heavy atom. The molecule has 0 amide bonds. The number of benzene rings is 1. The average molecular weight is 324 g/mol. The van der Waals surface area contributed by atoms with Crippen molar-refractivity contribution in [2.75, 3.05) is 25.4 Å². The molecule has 0 spiro atoms. The first kappa shape index (κ1) is 17.5. The third kappa shape index (κ3) is 4.56. The van der Waals surface area contributed by atoms with Gasteiger partial charge in [0.25, 0.3) is 0 Å². The zero-order chi connectivity index (χ0) is 16.0. The summed E-state index contributed by atoms with van der Waals surface area (Å²) in [7, 11) is -3.11. The Hall–Kier alpha value is -0.870. The van der Waals surface area contributed by atoms with E-state index >= 15 is 0 Å². The van der Waals surface area contributed by atoms with Gasteiger partial charge in [-0.2, -0.15) is 0 Å². The molecule has 1 fully saturated rings. The molecule has 2 rings (SSSR count). The van der Waals surface area contributed by atoms with Gasteiger partial charge in [0.05, 0.1) is 10.6 Å². The van der Waals surface area contributed by atoms with Crippen LogP contribution < -0.4 is 0 Å². The van der Waals surface area contributed by atoms with Crippen LogP contribution in [0, 0.1) is 0 Å². The van der Waals surface area contributed by atoms with Crippen LogP contribution in [-0.2, 0) is 9.84 Å². The number of hydrogen-bond donors (Lipinski definition) is 0. The van der Waals surface area contributed by atoms with Gasteiger partial charge in [0.2, 0.25) is 0 Å². The Morgan fingerprint density at radius 3 is 2.50 bits per heavy atom. The maximum atomic E-state index is 12.4. The summed E-state index contributed by atoms with van der Waals surface area (Å²) in [5.74, 6) is 0.775. The van der Waals surface area contributed by atoms with E-state index in [1.54, 1.807) is 6.07 Å². The number of piperidine rings is 1. The van der Waals surface area contributed by atoms with Gasteiger partial charge in [-0.15, -0.1) is 0 Å². The molecule has 0 unspecified atom stereocenters. The minimum Gasteiger partial charge on any atom is -0.303 e. The number of unbranched alkanes of at least 4 members (excludes halogenated alkanes) is 1. The van der Waals surface area contributed by atoms with E-state index in [4.69, 9.17) is 0 Å². The summed E-state index contributed by atoms with van der Waals surface area (Å²) < 4.78 is 24.7. The van der Waals surface area contributed by atoms with E-state index < -0.39 is 9.84 Å². The molecule has 1 aromatic carbocycles. The van der Waals surface area contributed by atoms with Gasteiger partial charge in [0, 0.05) is 0 Å². The summed E-state index contributed by atoms with van der Waals surface area (Å²) in [6.07, 6.45) is 5.13. The predicted molar refractivity (Wildman–Crippen MR) is 92.1 cm³/mol. The van der Waals surface area contributed by atoms with Crippen LogP contribution in [0.25, 0.3) is 0 Å². The largest absolute Gasteiger partial charge is 0.303 e. The highest BCUT2D eigenvalue weighted by Crippen LogP contribution is 2.29. The first-order valence-corrected chi connectivity index (χ1v) is 10.3. The number of likely N-dealkylation sites (tertiary alicyclic amines) is 1. The van der Waals surface area contributed by atoms with Crippen molar-refractivity contribution in [3.05, 3.63) is 29.8 Å². The summed E-state index contributed by atoms with van der Waals surface area (Å²) in [4.78, 5) is 3.02. The average Bonchev–Trinajstić information content (AvgIpc) is 2.54. The van der Waals surface area contributed by atoms with Crippen LogP contribution in [0.4, 0.5) is 0 Å². The number of hydrogen-bond acceptors (Lipinski definition) is 3. The van der Waals surface area contributed by atoms with Crippen molar-refractivity contribution in [2.24, 2.45) is 0 Å². The van der Waals surface area contributed by atoms with Crippen molar-refractivity contribution >= 4 is 9.84 Å². The van der Waals surface area contributed by atoms with Crippen LogP contribution in [0.2, 0.25) is 0 Å². The zero-order valence-corrected chi connectivity index (χ0v) is 14.7. The molecule has 1 aliphatic heterocycles. The van der Waals surface area contributed by atoms with Crippen LogP contribution in [-0.4, -0.2) is 38.7 Å². The van der Waals surface area contributed by atoms with Gasteiger partial charge in [0.15, 0.2) is 9.84 Å². The predicted octanol–water partition coefficient (Wildman–Crippen LogP) is 3.85. The second-order valence-electron chi connectivity index (χ2n) is 6.36. The van der Waals surface area contributed by atoms with Crippen molar-refractivity contribution in [1.82, 2.24) is 4.90 Å². The summed E-state index contributed by atoms with van der Waals surface area (Å²) in [5.41, 5.74) is 1.20. The summed E-state index contributed by atoms with van der Waals surface area (Å²) >= 11 is 0. The quantitative estimate of drug-likeness (QED) is 0.765. The lowest BCUT2D eigenvalue weighted by Gasteiger charge is -2.32. The maximum Gasteiger partial charge on any atom is 0.178 e. The standard InChI is InChI=1S/C18H29NO2S/c1-3-5-14-22(20,21)18-8-6-7-17(15-18)16-9-12-19(11-4-2)13-10-16/h6-8,15-16H,3-5,9-14H2,1-2H3. The molecule has 124 valence electrons. The van der Waals surface area contributed by atoms with Crippen molar-refractivity contribution in [3.63, 3.8) is 0 Å². The summed E-state index contributed by atoms with van der Waals surface area (Å²) in [6, 6.07) is 7.68. The van der Waals surface area contributed by atoms with Gasteiger partial charge in [-0.25, -0.2) is 8.42 Å². The van der Waals surface area contributed by atoms with E-state index in [9.17, 15) is 8.42 Å². The molecule has 3 nitrogen and oxygen atoms in total. The van der Waals surface area contributed by atoms with E-state index in [0.29, 0.717) is 10.8 Å². The first-order chi connectivity index (χ1) is 10.6. The lowest BCUT2D eigenvalue weighted by Crippen LogP contribution is -2.33. The van der Waals surface area contributed by atoms with E-state index in [1.807, 2.05) is 19.1 Å². The van der Waals surface area contributed by atoms with E-state index in [1.165, 1.54) is 18.5 Å². The van der Waals surface area contributed by atoms with Gasteiger partial charge in [-0.1, -0.05) is 32.4 Å². The molecular weight excluding hydrogens is 294 g/mol. The highest BCUT2D eigenvalue weighted by molar-refractivity contribution is 7.91. The summed E-state index contributed by atoms with van der Waals surface area (Å²) in [6.45, 7) is 7.68. The molecule has 0 atom stereocenters. The van der Waals surface area contributed by atoms with E-state index in [2.05, 4.69) is 17.9 Å². The molecule has 0 aliphatic carbocycles. The molecule has 0 radical (unpaired) electrons. The Bertz CT molecular complexity index is 560. The van der Waals surface area contributed by atoms with Crippen molar-refractivity contribution in [3.8, 4) is 0 Å². The number of sulfone groups is 1. The van der Waals surface area contributed by atoms with E-state index in [-0.39, 0.29) is 5.75 Å². The van der Waals surface area contributed by atoms with Gasteiger partial charge in [-0.3, -0.25) is 0 Å². The molecule has 1 heterocycles. The fourth-order valence-electron chi connectivity index (χ4n) is 3.22. The monoisotopic (exact) mass is 323 g/mol. The SMILES string of the molecule is CCCCS(=O)(=O)c1cccc(C2CCN(CCC)CC2)c1. The first-order valence-electron chi connectivity index (χ1n) is 8.62. The zero-order valence-electron chi connectivity index (χ0n) is 13.9. The highest BCUT2D eigenvalue weighted by atomic mass is 32.2. The molecule has 0 saturated carbocycles. The lowest BCUT2D eigenvalue weighted by atomic mass is 9.89. The number of rotatable bonds is 7. The molecule has 22 heavy (non-hydrogen) atoms. The Kier molecular flexibility index (Phi) is 6.45. The number of nitrogens with zero attached hydrogens (tertiary/aromatic N) is 1. The second-order valence-corrected chi connectivity index (χ2v) is 8.47. The van der Waals surface area contributed by atoms with Gasteiger partial charge >= 0.3 is 0 Å². The van der Waals surface area contributed by atoms with Crippen LogP contribution in [0.1, 0.15) is 57.4 Å². The molecule has 0 N–H and O–H groups in total. The molecule has 4 heteroatoms. The minimum atomic E-state index is -3.11. The van der Waals surface area contributed by atoms with Crippen LogP contribution >= 0.6 is 0 Å². The fourth-order valence-corrected chi connectivity index (χ4v) is 4.73. The smallest absolute Gasteiger partial charge is 0.178 e. The second kappa shape index (κ2) is 8.11. The topological polar surface area (TPSA) is 37.4 Å². The highest BCUT2D eigenvalue weighted by Gasteiger charge is 2.21. The molecule has 0 aromatic heterocycles. The van der Waals surface area contributed by atoms with Gasteiger partial charge in [-0.05, 0) is 68.9 Å². The Labute approximate surface area is 135 Å². The van der Waals surface area contributed by atoms with Crippen LogP contribution in [0.3, 0.4) is 0 Å². The molecule has 1 aromatic rings. The van der Waals surface area contributed by atoms with Crippen LogP contribution in [0.15, 0.2) is 29.2 Å². The minimum absolute atomic E-state index is 0.266. The van der Waals surface area contributed by atoms with Crippen molar-refractivity contribution in [1.29, 1.82) is 0 Å².